The summed E-state index contributed by atoms with van der Waals surface area (Å²) < 4.78 is 0.975. The van der Waals surface area contributed by atoms with Crippen molar-refractivity contribution in [1.82, 2.24) is 15.5 Å². The summed E-state index contributed by atoms with van der Waals surface area (Å²) >= 11 is 2.15. The Labute approximate surface area is 159 Å². The normalized spacial score (nSPS) is 16.4. The third-order valence-electron chi connectivity index (χ3n) is 4.15. The maximum atomic E-state index is 12.4. The summed E-state index contributed by atoms with van der Waals surface area (Å²) in [6, 6.07) is 4.83. The van der Waals surface area contributed by atoms with Gasteiger partial charge in [0, 0.05) is 15.7 Å². The van der Waals surface area contributed by atoms with Crippen LogP contribution >= 0.6 is 22.6 Å². The number of carbonyl (C=O) groups excluding carboxylic acids is 4. The predicted molar refractivity (Wildman–Crippen MR) is 100 cm³/mol. The predicted octanol–water partition coefficient (Wildman–Crippen LogP) is 0.636. The Balaban J connectivity index is 1.95. The van der Waals surface area contributed by atoms with Gasteiger partial charge in [0.1, 0.15) is 12.3 Å². The van der Waals surface area contributed by atoms with Crippen LogP contribution in [0.4, 0.5) is 0 Å². The van der Waals surface area contributed by atoms with Crippen LogP contribution in [0, 0.1) is 10.5 Å². The monoisotopic (exact) mass is 457 g/mol. The molecule has 1 atom stereocenters. The van der Waals surface area contributed by atoms with Gasteiger partial charge in [-0.1, -0.05) is 6.07 Å². The van der Waals surface area contributed by atoms with Gasteiger partial charge >= 0.3 is 0 Å². The number of hydrogen-bond acceptors (Lipinski definition) is 4. The van der Waals surface area contributed by atoms with E-state index in [0.29, 0.717) is 24.8 Å². The smallest absolute Gasteiger partial charge is 0.252 e. The molecule has 1 heterocycles. The fourth-order valence-electron chi connectivity index (χ4n) is 2.80. The van der Waals surface area contributed by atoms with E-state index in [1.807, 2.05) is 13.0 Å². The number of likely N-dealkylation sites (tertiary alicyclic amines) is 1. The topological polar surface area (TPSA) is 95.6 Å². The molecule has 25 heavy (non-hydrogen) atoms. The standard InChI is InChI=1S/C17H20IN3O4/c1-11-12(4-2-5-13(11)18)16(24)20-10-15(23)21-8-3-6-14(21)17(25)19-7-9-22/h2,4-5,9,14H,3,6-8,10H2,1H3,(H,19,25)(H,20,24)/t14-/m0/s1. The molecule has 134 valence electrons. The van der Waals surface area contributed by atoms with E-state index in [-0.39, 0.29) is 30.8 Å². The minimum absolute atomic E-state index is 0.0694. The molecule has 2 rings (SSSR count). The number of hydrogen-bond donors (Lipinski definition) is 2. The van der Waals surface area contributed by atoms with Crippen molar-refractivity contribution in [3.05, 3.63) is 32.9 Å². The van der Waals surface area contributed by atoms with Crippen molar-refractivity contribution in [2.45, 2.75) is 25.8 Å². The van der Waals surface area contributed by atoms with Crippen molar-refractivity contribution in [2.75, 3.05) is 19.6 Å². The fraction of sp³-hybridized carbons (Fsp3) is 0.412. The summed E-state index contributed by atoms with van der Waals surface area (Å²) in [6.07, 6.45) is 1.87. The van der Waals surface area contributed by atoms with Crippen LogP contribution in [0.5, 0.6) is 0 Å². The quantitative estimate of drug-likeness (QED) is 0.484. The van der Waals surface area contributed by atoms with Gasteiger partial charge in [0.05, 0.1) is 13.1 Å². The molecule has 1 fully saturated rings. The molecule has 0 aliphatic carbocycles. The summed E-state index contributed by atoms with van der Waals surface area (Å²) in [4.78, 5) is 48.5. The summed E-state index contributed by atoms with van der Waals surface area (Å²) in [5.74, 6) is -0.955. The van der Waals surface area contributed by atoms with E-state index in [1.54, 1.807) is 12.1 Å². The Morgan fingerprint density at radius 1 is 1.32 bits per heavy atom. The molecule has 3 amide bonds. The molecule has 1 aromatic carbocycles. The highest BCUT2D eigenvalue weighted by Gasteiger charge is 2.33. The average Bonchev–Trinajstić information content (AvgIpc) is 3.09. The first kappa shape index (κ1) is 19.4. The highest BCUT2D eigenvalue weighted by atomic mass is 127. The SMILES string of the molecule is Cc1c(I)cccc1C(=O)NCC(=O)N1CCC[C@H]1C(=O)NCC=O. The van der Waals surface area contributed by atoms with Crippen LogP contribution in [0.1, 0.15) is 28.8 Å². The highest BCUT2D eigenvalue weighted by Crippen LogP contribution is 2.18. The van der Waals surface area contributed by atoms with Gasteiger partial charge in [-0.2, -0.15) is 0 Å². The summed E-state index contributed by atoms with van der Waals surface area (Å²) in [7, 11) is 0. The third kappa shape index (κ3) is 4.77. The molecule has 1 saturated heterocycles. The van der Waals surface area contributed by atoms with Gasteiger partial charge in [0.25, 0.3) is 5.91 Å². The van der Waals surface area contributed by atoms with Gasteiger partial charge in [-0.15, -0.1) is 0 Å². The lowest BCUT2D eigenvalue weighted by molar-refractivity contribution is -0.137. The molecule has 1 aromatic rings. The summed E-state index contributed by atoms with van der Waals surface area (Å²) in [5, 5.41) is 5.10. The van der Waals surface area contributed by atoms with Gasteiger partial charge < -0.3 is 20.3 Å². The largest absolute Gasteiger partial charge is 0.348 e. The zero-order chi connectivity index (χ0) is 18.4. The second-order valence-corrected chi connectivity index (χ2v) is 6.91. The first-order valence-electron chi connectivity index (χ1n) is 7.99. The summed E-state index contributed by atoms with van der Waals surface area (Å²) in [5.41, 5.74) is 1.39. The molecule has 0 aromatic heterocycles. The number of rotatable bonds is 6. The molecule has 8 heteroatoms. The van der Waals surface area contributed by atoms with Gasteiger partial charge in [-0.25, -0.2) is 0 Å². The highest BCUT2D eigenvalue weighted by molar-refractivity contribution is 14.1. The van der Waals surface area contributed by atoms with Gasteiger partial charge in [0.2, 0.25) is 11.8 Å². The van der Waals surface area contributed by atoms with E-state index in [1.165, 1.54) is 4.90 Å². The van der Waals surface area contributed by atoms with Crippen molar-refractivity contribution in [2.24, 2.45) is 0 Å². The molecule has 0 spiro atoms. The lowest BCUT2D eigenvalue weighted by atomic mass is 10.1. The van der Waals surface area contributed by atoms with Crippen molar-refractivity contribution in [3.8, 4) is 0 Å². The van der Waals surface area contributed by atoms with Gasteiger partial charge in [-0.3, -0.25) is 14.4 Å². The Bertz CT molecular complexity index is 692. The van der Waals surface area contributed by atoms with E-state index in [0.717, 1.165) is 15.6 Å². The second-order valence-electron chi connectivity index (χ2n) is 5.75. The number of carbonyl (C=O) groups is 4. The molecule has 0 bridgehead atoms. The van der Waals surface area contributed by atoms with Crippen molar-refractivity contribution >= 4 is 46.6 Å². The Morgan fingerprint density at radius 3 is 2.80 bits per heavy atom. The molecule has 7 nitrogen and oxygen atoms in total. The van der Waals surface area contributed by atoms with Crippen LogP contribution in [0.3, 0.4) is 0 Å². The van der Waals surface area contributed by atoms with E-state index in [4.69, 9.17) is 0 Å². The number of nitrogens with one attached hydrogen (secondary N) is 2. The second kappa shape index (κ2) is 8.93. The number of amides is 3. The molecule has 0 saturated carbocycles. The minimum atomic E-state index is -0.580. The van der Waals surface area contributed by atoms with Crippen LogP contribution < -0.4 is 10.6 Å². The van der Waals surface area contributed by atoms with Crippen molar-refractivity contribution in [1.29, 1.82) is 0 Å². The zero-order valence-electron chi connectivity index (χ0n) is 13.9. The maximum absolute atomic E-state index is 12.4. The minimum Gasteiger partial charge on any atom is -0.348 e. The molecule has 1 aliphatic heterocycles. The van der Waals surface area contributed by atoms with Crippen LogP contribution in [-0.2, 0) is 14.4 Å². The van der Waals surface area contributed by atoms with E-state index >= 15 is 0 Å². The number of aldehydes is 1. The molecular formula is C17H20IN3O4. The Kier molecular flexibility index (Phi) is 6.91. The molecule has 0 radical (unpaired) electrons. The van der Waals surface area contributed by atoms with Crippen LogP contribution in [0.2, 0.25) is 0 Å². The summed E-state index contributed by atoms with van der Waals surface area (Å²) in [6.45, 7) is 2.09. The first-order valence-corrected chi connectivity index (χ1v) is 9.07. The number of benzene rings is 1. The lowest BCUT2D eigenvalue weighted by Crippen LogP contribution is -2.49. The average molecular weight is 457 g/mol. The van der Waals surface area contributed by atoms with Gasteiger partial charge in [0.15, 0.2) is 0 Å². The fourth-order valence-corrected chi connectivity index (χ4v) is 3.30. The Morgan fingerprint density at radius 2 is 2.08 bits per heavy atom. The van der Waals surface area contributed by atoms with Gasteiger partial charge in [-0.05, 0) is 60.1 Å². The third-order valence-corrected chi connectivity index (χ3v) is 5.32. The number of nitrogens with zero attached hydrogens (tertiary/aromatic N) is 1. The molecule has 1 aliphatic rings. The van der Waals surface area contributed by atoms with Crippen LogP contribution in [0.25, 0.3) is 0 Å². The molecular weight excluding hydrogens is 437 g/mol. The lowest BCUT2D eigenvalue weighted by Gasteiger charge is -2.23. The van der Waals surface area contributed by atoms with E-state index in [9.17, 15) is 19.2 Å². The maximum Gasteiger partial charge on any atom is 0.252 e. The van der Waals surface area contributed by atoms with Crippen molar-refractivity contribution < 1.29 is 19.2 Å². The molecule has 2 N–H and O–H groups in total. The van der Waals surface area contributed by atoms with Crippen LogP contribution in [-0.4, -0.2) is 54.6 Å². The van der Waals surface area contributed by atoms with E-state index < -0.39 is 6.04 Å². The Hall–Kier alpha value is -1.97. The van der Waals surface area contributed by atoms with E-state index in [2.05, 4.69) is 33.2 Å². The zero-order valence-corrected chi connectivity index (χ0v) is 16.0. The first-order chi connectivity index (χ1) is 12.0. The van der Waals surface area contributed by atoms with Crippen molar-refractivity contribution in [3.63, 3.8) is 0 Å². The molecule has 0 unspecified atom stereocenters. The van der Waals surface area contributed by atoms with Crippen LogP contribution in [0.15, 0.2) is 18.2 Å². The number of halogens is 1.